The van der Waals surface area contributed by atoms with Gasteiger partial charge in [0.05, 0.1) is 0 Å². The summed E-state index contributed by atoms with van der Waals surface area (Å²) in [6.07, 6.45) is 1.97. The van der Waals surface area contributed by atoms with Gasteiger partial charge in [-0.3, -0.25) is 9.69 Å². The van der Waals surface area contributed by atoms with E-state index in [1.807, 2.05) is 0 Å². The minimum atomic E-state index is 0.209. The summed E-state index contributed by atoms with van der Waals surface area (Å²) in [5.74, 6) is 0.982. The van der Waals surface area contributed by atoms with E-state index >= 15 is 0 Å². The van der Waals surface area contributed by atoms with Crippen LogP contribution in [0.4, 0.5) is 0 Å². The molecule has 20 heavy (non-hydrogen) atoms. The normalized spacial score (nSPS) is 17.4. The fraction of sp³-hybridized carbons (Fsp3) is 0.588. The van der Waals surface area contributed by atoms with Crippen LogP contribution in [0, 0.1) is 11.8 Å². The number of nitrogens with zero attached hydrogens (tertiary/aromatic N) is 1. The summed E-state index contributed by atoms with van der Waals surface area (Å²) in [4.78, 5) is 14.5. The van der Waals surface area contributed by atoms with Crippen molar-refractivity contribution >= 4 is 5.91 Å². The van der Waals surface area contributed by atoms with Gasteiger partial charge in [0.15, 0.2) is 0 Å². The number of nitrogens with one attached hydrogen (secondary N) is 1. The third kappa shape index (κ3) is 4.64. The Morgan fingerprint density at radius 1 is 1.25 bits per heavy atom. The fourth-order valence-corrected chi connectivity index (χ4v) is 2.64. The Bertz CT molecular complexity index is 408. The highest BCUT2D eigenvalue weighted by Gasteiger charge is 2.24. The van der Waals surface area contributed by atoms with Crippen molar-refractivity contribution in [3.8, 4) is 0 Å². The average molecular weight is 274 g/mol. The molecule has 0 saturated carbocycles. The molecule has 1 aromatic rings. The number of hydrogen-bond acceptors (Lipinski definition) is 2. The van der Waals surface area contributed by atoms with Crippen molar-refractivity contribution in [3.05, 3.63) is 35.9 Å². The second-order valence-electron chi connectivity index (χ2n) is 6.18. The van der Waals surface area contributed by atoms with Gasteiger partial charge in [0.2, 0.25) is 5.91 Å². The number of rotatable bonds is 5. The minimum absolute atomic E-state index is 0.209. The molecular formula is C17H26N2O. The van der Waals surface area contributed by atoms with Crippen LogP contribution in [0.25, 0.3) is 0 Å². The molecule has 1 aliphatic heterocycles. The first-order valence-corrected chi connectivity index (χ1v) is 7.69. The second-order valence-corrected chi connectivity index (χ2v) is 6.18. The highest BCUT2D eigenvalue weighted by Crippen LogP contribution is 2.19. The third-order valence-electron chi connectivity index (χ3n) is 3.89. The molecule has 1 fully saturated rings. The third-order valence-corrected chi connectivity index (χ3v) is 3.89. The van der Waals surface area contributed by atoms with Crippen LogP contribution in [0.2, 0.25) is 0 Å². The Labute approximate surface area is 122 Å². The molecule has 3 heteroatoms. The maximum Gasteiger partial charge on any atom is 0.223 e. The summed E-state index contributed by atoms with van der Waals surface area (Å²) >= 11 is 0. The fourth-order valence-electron chi connectivity index (χ4n) is 2.64. The standard InChI is InChI=1S/C17H26N2O/c1-14(2)12-18-17(20)16-8-10-19(11-9-16)13-15-6-4-3-5-7-15/h3-7,14,16H,8-13H2,1-2H3,(H,18,20). The highest BCUT2D eigenvalue weighted by molar-refractivity contribution is 5.78. The smallest absolute Gasteiger partial charge is 0.223 e. The lowest BCUT2D eigenvalue weighted by Gasteiger charge is -2.31. The Kier molecular flexibility index (Phi) is 5.60. The number of piperidine rings is 1. The van der Waals surface area contributed by atoms with Gasteiger partial charge in [0.25, 0.3) is 0 Å². The van der Waals surface area contributed by atoms with Crippen LogP contribution in [0.1, 0.15) is 32.3 Å². The van der Waals surface area contributed by atoms with Gasteiger partial charge in [0, 0.05) is 19.0 Å². The van der Waals surface area contributed by atoms with Gasteiger partial charge in [-0.2, -0.15) is 0 Å². The molecule has 1 N–H and O–H groups in total. The SMILES string of the molecule is CC(C)CNC(=O)C1CCN(Cc2ccccc2)CC1. The first-order valence-electron chi connectivity index (χ1n) is 7.69. The van der Waals surface area contributed by atoms with Crippen LogP contribution < -0.4 is 5.32 Å². The number of carbonyl (C=O) groups excluding carboxylic acids is 1. The van der Waals surface area contributed by atoms with Gasteiger partial charge >= 0.3 is 0 Å². The van der Waals surface area contributed by atoms with Gasteiger partial charge < -0.3 is 5.32 Å². The number of likely N-dealkylation sites (tertiary alicyclic amines) is 1. The van der Waals surface area contributed by atoms with E-state index in [1.54, 1.807) is 0 Å². The van der Waals surface area contributed by atoms with Crippen LogP contribution in [-0.2, 0) is 11.3 Å². The molecule has 1 heterocycles. The van der Waals surface area contributed by atoms with E-state index < -0.39 is 0 Å². The molecule has 0 aromatic heterocycles. The molecule has 1 aliphatic rings. The summed E-state index contributed by atoms with van der Waals surface area (Å²) in [5.41, 5.74) is 1.36. The van der Waals surface area contributed by atoms with Crippen molar-refractivity contribution in [1.29, 1.82) is 0 Å². The Balaban J connectivity index is 1.73. The molecular weight excluding hydrogens is 248 g/mol. The molecule has 1 amide bonds. The van der Waals surface area contributed by atoms with Gasteiger partial charge in [-0.1, -0.05) is 44.2 Å². The van der Waals surface area contributed by atoms with Crippen molar-refractivity contribution in [2.24, 2.45) is 11.8 Å². The van der Waals surface area contributed by atoms with Crippen molar-refractivity contribution in [1.82, 2.24) is 10.2 Å². The number of amides is 1. The summed E-state index contributed by atoms with van der Waals surface area (Å²) in [6, 6.07) is 10.6. The highest BCUT2D eigenvalue weighted by atomic mass is 16.1. The van der Waals surface area contributed by atoms with Gasteiger partial charge in [-0.15, -0.1) is 0 Å². The predicted octanol–water partition coefficient (Wildman–Crippen LogP) is 2.67. The lowest BCUT2D eigenvalue weighted by Crippen LogP contribution is -2.41. The molecule has 1 aromatic carbocycles. The molecule has 110 valence electrons. The van der Waals surface area contributed by atoms with E-state index in [0.717, 1.165) is 39.0 Å². The van der Waals surface area contributed by atoms with Crippen LogP contribution in [0.3, 0.4) is 0 Å². The summed E-state index contributed by atoms with van der Waals surface area (Å²) < 4.78 is 0. The topological polar surface area (TPSA) is 32.3 Å². The lowest BCUT2D eigenvalue weighted by molar-refractivity contribution is -0.126. The zero-order valence-corrected chi connectivity index (χ0v) is 12.6. The van der Waals surface area contributed by atoms with Crippen molar-refractivity contribution in [3.63, 3.8) is 0 Å². The quantitative estimate of drug-likeness (QED) is 0.895. The Morgan fingerprint density at radius 3 is 2.50 bits per heavy atom. The Hall–Kier alpha value is -1.35. The monoisotopic (exact) mass is 274 g/mol. The van der Waals surface area contributed by atoms with Crippen molar-refractivity contribution < 1.29 is 4.79 Å². The first kappa shape index (κ1) is 15.0. The summed E-state index contributed by atoms with van der Waals surface area (Å²) in [7, 11) is 0. The van der Waals surface area contributed by atoms with Crippen LogP contribution in [-0.4, -0.2) is 30.4 Å². The maximum atomic E-state index is 12.0. The molecule has 0 bridgehead atoms. The van der Waals surface area contributed by atoms with E-state index in [-0.39, 0.29) is 11.8 Å². The van der Waals surface area contributed by atoms with Gasteiger partial charge in [-0.05, 0) is 37.4 Å². The van der Waals surface area contributed by atoms with E-state index in [0.29, 0.717) is 5.92 Å². The predicted molar refractivity (Wildman–Crippen MR) is 82.3 cm³/mol. The number of carbonyl (C=O) groups is 1. The summed E-state index contributed by atoms with van der Waals surface area (Å²) in [5, 5.41) is 3.06. The number of benzene rings is 1. The van der Waals surface area contributed by atoms with Gasteiger partial charge in [-0.25, -0.2) is 0 Å². The van der Waals surface area contributed by atoms with Gasteiger partial charge in [0.1, 0.15) is 0 Å². The molecule has 0 aliphatic carbocycles. The zero-order valence-electron chi connectivity index (χ0n) is 12.6. The van der Waals surface area contributed by atoms with E-state index in [1.165, 1.54) is 5.56 Å². The average Bonchev–Trinajstić information content (AvgIpc) is 2.46. The lowest BCUT2D eigenvalue weighted by atomic mass is 9.95. The Morgan fingerprint density at radius 2 is 1.90 bits per heavy atom. The van der Waals surface area contributed by atoms with Crippen LogP contribution in [0.5, 0.6) is 0 Å². The molecule has 2 rings (SSSR count). The second kappa shape index (κ2) is 7.44. The molecule has 3 nitrogen and oxygen atoms in total. The minimum Gasteiger partial charge on any atom is -0.356 e. The first-order chi connectivity index (χ1) is 9.65. The maximum absolute atomic E-state index is 12.0. The largest absolute Gasteiger partial charge is 0.356 e. The van der Waals surface area contributed by atoms with E-state index in [4.69, 9.17) is 0 Å². The molecule has 0 atom stereocenters. The molecule has 1 saturated heterocycles. The zero-order chi connectivity index (χ0) is 14.4. The molecule has 0 spiro atoms. The number of hydrogen-bond donors (Lipinski definition) is 1. The van der Waals surface area contributed by atoms with Crippen molar-refractivity contribution in [2.75, 3.05) is 19.6 Å². The van der Waals surface area contributed by atoms with E-state index in [2.05, 4.69) is 54.4 Å². The van der Waals surface area contributed by atoms with Crippen LogP contribution in [0.15, 0.2) is 30.3 Å². The summed E-state index contributed by atoms with van der Waals surface area (Å²) in [6.45, 7) is 8.10. The van der Waals surface area contributed by atoms with Crippen LogP contribution >= 0.6 is 0 Å². The van der Waals surface area contributed by atoms with E-state index in [9.17, 15) is 4.79 Å². The van der Waals surface area contributed by atoms with Crippen molar-refractivity contribution in [2.45, 2.75) is 33.2 Å². The molecule has 0 radical (unpaired) electrons. The molecule has 0 unspecified atom stereocenters.